The summed E-state index contributed by atoms with van der Waals surface area (Å²) in [5.41, 5.74) is 0.409. The largest absolute Gasteiger partial charge is 0.324 e. The summed E-state index contributed by atoms with van der Waals surface area (Å²) in [5, 5.41) is 5.43. The van der Waals surface area contributed by atoms with E-state index >= 15 is 0 Å². The lowest BCUT2D eigenvalue weighted by Gasteiger charge is -2.33. The second kappa shape index (κ2) is 9.77. The average Bonchev–Trinajstić information content (AvgIpc) is 2.80. The Morgan fingerprint density at radius 3 is 2.22 bits per heavy atom. The number of nitrogens with one attached hydrogen (secondary N) is 1. The second-order valence-electron chi connectivity index (χ2n) is 7.65. The minimum Gasteiger partial charge on any atom is -0.324 e. The first kappa shape index (κ1) is 23.0. The lowest BCUT2D eigenvalue weighted by molar-refractivity contribution is -0.116. The van der Waals surface area contributed by atoms with Gasteiger partial charge in [-0.2, -0.15) is 4.31 Å². The predicted octanol–water partition coefficient (Wildman–Crippen LogP) is 4.48. The van der Waals surface area contributed by atoms with Crippen LogP contribution in [0.25, 0.3) is 10.8 Å². The number of carbonyl (C=O) groups excluding carboxylic acids is 1. The van der Waals surface area contributed by atoms with Gasteiger partial charge in [0, 0.05) is 39.1 Å². The van der Waals surface area contributed by atoms with Crippen molar-refractivity contribution >= 4 is 55.6 Å². The number of halogens is 2. The molecule has 1 N–H and O–H groups in total. The molecule has 0 saturated carbocycles. The van der Waals surface area contributed by atoms with Gasteiger partial charge in [0.2, 0.25) is 15.9 Å². The molecule has 4 rings (SSSR count). The molecular formula is C23H23Cl2N3O3S. The molecule has 1 heterocycles. The number of piperazine rings is 1. The average molecular weight is 492 g/mol. The maximum absolute atomic E-state index is 13.1. The lowest BCUT2D eigenvalue weighted by Crippen LogP contribution is -2.49. The smallest absolute Gasteiger partial charge is 0.243 e. The quantitative estimate of drug-likeness (QED) is 0.551. The van der Waals surface area contributed by atoms with Gasteiger partial charge in [-0.1, -0.05) is 59.6 Å². The molecule has 0 aliphatic carbocycles. The molecule has 0 aromatic heterocycles. The Hall–Kier alpha value is -2.16. The molecule has 0 spiro atoms. The molecule has 0 bridgehead atoms. The van der Waals surface area contributed by atoms with Crippen LogP contribution < -0.4 is 5.32 Å². The molecule has 1 amide bonds. The molecule has 168 valence electrons. The summed E-state index contributed by atoms with van der Waals surface area (Å²) in [7, 11) is -3.56. The van der Waals surface area contributed by atoms with Crippen molar-refractivity contribution in [2.75, 3.05) is 38.0 Å². The van der Waals surface area contributed by atoms with E-state index in [1.807, 2.05) is 30.3 Å². The number of amides is 1. The van der Waals surface area contributed by atoms with Gasteiger partial charge in [-0.3, -0.25) is 4.79 Å². The maximum Gasteiger partial charge on any atom is 0.243 e. The van der Waals surface area contributed by atoms with E-state index in [-0.39, 0.29) is 12.3 Å². The number of sulfonamides is 1. The van der Waals surface area contributed by atoms with Crippen LogP contribution in [0, 0.1) is 0 Å². The molecule has 9 heteroatoms. The summed E-state index contributed by atoms with van der Waals surface area (Å²) in [6.45, 7) is 2.41. The van der Waals surface area contributed by atoms with Crippen LogP contribution in [-0.4, -0.2) is 56.3 Å². The predicted molar refractivity (Wildman–Crippen MR) is 129 cm³/mol. The standard InChI is InChI=1S/C23H23Cl2N3O3S/c24-20-6-3-7-21(25)23(20)26-22(29)10-11-27-12-14-28(15-13-27)32(30,31)19-9-8-17-4-1-2-5-18(17)16-19/h1-9,16H,10-15H2,(H,26,29). The molecule has 6 nitrogen and oxygen atoms in total. The molecule has 1 aliphatic rings. The van der Waals surface area contributed by atoms with Crippen LogP contribution >= 0.6 is 23.2 Å². The van der Waals surface area contributed by atoms with Gasteiger partial charge in [0.25, 0.3) is 0 Å². The monoisotopic (exact) mass is 491 g/mol. The Bertz CT molecular complexity index is 1220. The van der Waals surface area contributed by atoms with E-state index < -0.39 is 10.0 Å². The highest BCUT2D eigenvalue weighted by Gasteiger charge is 2.28. The van der Waals surface area contributed by atoms with E-state index in [9.17, 15) is 13.2 Å². The first-order chi connectivity index (χ1) is 15.3. The van der Waals surface area contributed by atoms with Gasteiger partial charge in [-0.05, 0) is 35.0 Å². The van der Waals surface area contributed by atoms with Crippen LogP contribution in [0.4, 0.5) is 5.69 Å². The van der Waals surface area contributed by atoms with Crippen molar-refractivity contribution in [2.24, 2.45) is 0 Å². The molecule has 0 radical (unpaired) electrons. The summed E-state index contributed by atoms with van der Waals surface area (Å²) in [4.78, 5) is 14.7. The molecule has 3 aromatic carbocycles. The zero-order valence-corrected chi connectivity index (χ0v) is 19.6. The molecule has 1 aliphatic heterocycles. The first-order valence-corrected chi connectivity index (χ1v) is 12.5. The Balaban J connectivity index is 1.32. The summed E-state index contributed by atoms with van der Waals surface area (Å²) >= 11 is 12.2. The van der Waals surface area contributed by atoms with Crippen molar-refractivity contribution in [1.82, 2.24) is 9.21 Å². The molecule has 1 saturated heterocycles. The number of para-hydroxylation sites is 1. The molecule has 32 heavy (non-hydrogen) atoms. The summed E-state index contributed by atoms with van der Waals surface area (Å²) in [6.07, 6.45) is 0.263. The van der Waals surface area contributed by atoms with Crippen molar-refractivity contribution in [2.45, 2.75) is 11.3 Å². The van der Waals surface area contributed by atoms with Gasteiger partial charge < -0.3 is 10.2 Å². The summed E-state index contributed by atoms with van der Waals surface area (Å²) in [5.74, 6) is -0.189. The minimum absolute atomic E-state index is 0.189. The van der Waals surface area contributed by atoms with Gasteiger partial charge in [0.1, 0.15) is 0 Å². The van der Waals surface area contributed by atoms with Crippen LogP contribution in [0.3, 0.4) is 0 Å². The highest BCUT2D eigenvalue weighted by Crippen LogP contribution is 2.30. The van der Waals surface area contributed by atoms with Gasteiger partial charge in [-0.25, -0.2) is 8.42 Å². The highest BCUT2D eigenvalue weighted by atomic mass is 35.5. The van der Waals surface area contributed by atoms with E-state index in [2.05, 4.69) is 10.2 Å². The second-order valence-corrected chi connectivity index (χ2v) is 10.4. The Labute approximate surface area is 197 Å². The normalized spacial score (nSPS) is 15.7. The van der Waals surface area contributed by atoms with Crippen LogP contribution in [0.5, 0.6) is 0 Å². The van der Waals surface area contributed by atoms with Gasteiger partial charge >= 0.3 is 0 Å². The number of nitrogens with zero attached hydrogens (tertiary/aromatic N) is 2. The van der Waals surface area contributed by atoms with E-state index in [1.54, 1.807) is 30.3 Å². The van der Waals surface area contributed by atoms with E-state index in [0.717, 1.165) is 10.8 Å². The third kappa shape index (κ3) is 5.08. The summed E-state index contributed by atoms with van der Waals surface area (Å²) in [6, 6.07) is 18.0. The molecule has 0 atom stereocenters. The summed E-state index contributed by atoms with van der Waals surface area (Å²) < 4.78 is 27.7. The fourth-order valence-corrected chi connectivity index (χ4v) is 5.70. The fourth-order valence-electron chi connectivity index (χ4n) is 3.75. The van der Waals surface area contributed by atoms with Crippen LogP contribution in [0.15, 0.2) is 65.6 Å². The highest BCUT2D eigenvalue weighted by molar-refractivity contribution is 7.89. The zero-order chi connectivity index (χ0) is 22.7. The van der Waals surface area contributed by atoms with E-state index in [4.69, 9.17) is 23.2 Å². The van der Waals surface area contributed by atoms with E-state index in [1.165, 1.54) is 4.31 Å². The Kier molecular flexibility index (Phi) is 7.02. The van der Waals surface area contributed by atoms with Crippen molar-refractivity contribution < 1.29 is 13.2 Å². The number of hydrogen-bond acceptors (Lipinski definition) is 4. The number of carbonyl (C=O) groups is 1. The molecule has 1 fully saturated rings. The minimum atomic E-state index is -3.56. The number of benzene rings is 3. The SMILES string of the molecule is O=C(CCN1CCN(S(=O)(=O)c2ccc3ccccc3c2)CC1)Nc1c(Cl)cccc1Cl. The number of fused-ring (bicyclic) bond motifs is 1. The third-order valence-corrected chi connectivity index (χ3v) is 8.10. The topological polar surface area (TPSA) is 69.7 Å². The number of rotatable bonds is 6. The molecule has 3 aromatic rings. The van der Waals surface area contributed by atoms with Crippen LogP contribution in [0.2, 0.25) is 10.0 Å². The fraction of sp³-hybridized carbons (Fsp3) is 0.261. The van der Waals surface area contributed by atoms with Crippen LogP contribution in [0.1, 0.15) is 6.42 Å². The van der Waals surface area contributed by atoms with Crippen molar-refractivity contribution in [3.63, 3.8) is 0 Å². The van der Waals surface area contributed by atoms with Crippen molar-refractivity contribution in [1.29, 1.82) is 0 Å². The van der Waals surface area contributed by atoms with E-state index in [0.29, 0.717) is 53.4 Å². The van der Waals surface area contributed by atoms with Crippen LogP contribution in [-0.2, 0) is 14.8 Å². The molecule has 0 unspecified atom stereocenters. The third-order valence-electron chi connectivity index (χ3n) is 5.57. The lowest BCUT2D eigenvalue weighted by atomic mass is 10.1. The van der Waals surface area contributed by atoms with Crippen molar-refractivity contribution in [3.8, 4) is 0 Å². The van der Waals surface area contributed by atoms with Gasteiger partial charge in [-0.15, -0.1) is 0 Å². The Morgan fingerprint density at radius 1 is 0.875 bits per heavy atom. The maximum atomic E-state index is 13.1. The van der Waals surface area contributed by atoms with Crippen molar-refractivity contribution in [3.05, 3.63) is 70.7 Å². The first-order valence-electron chi connectivity index (χ1n) is 10.3. The Morgan fingerprint density at radius 2 is 1.53 bits per heavy atom. The van der Waals surface area contributed by atoms with Gasteiger partial charge in [0.05, 0.1) is 20.6 Å². The number of anilines is 1. The molecular weight excluding hydrogens is 469 g/mol. The number of hydrogen-bond donors (Lipinski definition) is 1. The zero-order valence-electron chi connectivity index (χ0n) is 17.3. The van der Waals surface area contributed by atoms with Gasteiger partial charge in [0.15, 0.2) is 0 Å².